The van der Waals surface area contributed by atoms with E-state index < -0.39 is 0 Å². The minimum atomic E-state index is -0.0157. The van der Waals surface area contributed by atoms with Gasteiger partial charge in [0.15, 0.2) is 11.3 Å². The zero-order valence-electron chi connectivity index (χ0n) is 14.3. The highest BCUT2D eigenvalue weighted by molar-refractivity contribution is 9.10. The number of nitrogens with zero attached hydrogens (tertiary/aromatic N) is 1. The Morgan fingerprint density at radius 3 is 2.88 bits per heavy atom. The Morgan fingerprint density at radius 1 is 1.24 bits per heavy atom. The first-order chi connectivity index (χ1) is 12.0. The van der Waals surface area contributed by atoms with Gasteiger partial charge in [-0.05, 0) is 69.3 Å². The van der Waals surface area contributed by atoms with E-state index in [2.05, 4.69) is 27.9 Å². The molecule has 1 aromatic heterocycles. The Kier molecular flexibility index (Phi) is 4.29. The van der Waals surface area contributed by atoms with Crippen LogP contribution in [0, 0.1) is 6.92 Å². The Labute approximate surface area is 154 Å². The molecule has 4 rings (SSSR count). The number of hydrogen-bond acceptors (Lipinski definition) is 4. The third-order valence-electron chi connectivity index (χ3n) is 4.72. The highest BCUT2D eigenvalue weighted by atomic mass is 79.9. The molecular formula is C20H20BrNO3. The van der Waals surface area contributed by atoms with Crippen LogP contribution in [-0.4, -0.2) is 31.1 Å². The fraction of sp³-hybridized carbons (Fsp3) is 0.350. The van der Waals surface area contributed by atoms with Crippen molar-refractivity contribution in [2.24, 2.45) is 0 Å². The van der Waals surface area contributed by atoms with Gasteiger partial charge in [-0.15, -0.1) is 0 Å². The highest BCUT2D eigenvalue weighted by Crippen LogP contribution is 2.31. The summed E-state index contributed by atoms with van der Waals surface area (Å²) in [5, 5.41) is 1.17. The number of ether oxygens (including phenoxy) is 1. The molecule has 4 nitrogen and oxygen atoms in total. The number of likely N-dealkylation sites (N-methyl/N-ethyl adjacent to an activating group) is 1. The predicted molar refractivity (Wildman–Crippen MR) is 104 cm³/mol. The molecule has 0 saturated carbocycles. The monoisotopic (exact) mass is 401 g/mol. The molecule has 1 saturated heterocycles. The Hall–Kier alpha value is -1.85. The van der Waals surface area contributed by atoms with Crippen molar-refractivity contribution < 1.29 is 9.15 Å². The maximum atomic E-state index is 12.9. The van der Waals surface area contributed by atoms with Crippen LogP contribution in [0.1, 0.15) is 18.4 Å². The van der Waals surface area contributed by atoms with E-state index in [1.807, 2.05) is 31.2 Å². The molecule has 0 radical (unpaired) electrons. The molecule has 1 unspecified atom stereocenters. The van der Waals surface area contributed by atoms with Gasteiger partial charge in [-0.3, -0.25) is 4.79 Å². The molecule has 3 aromatic rings. The third kappa shape index (κ3) is 3.18. The van der Waals surface area contributed by atoms with E-state index >= 15 is 0 Å². The van der Waals surface area contributed by atoms with Gasteiger partial charge in [-0.1, -0.05) is 15.9 Å². The maximum Gasteiger partial charge on any atom is 0.200 e. The summed E-state index contributed by atoms with van der Waals surface area (Å²) in [6.45, 7) is 3.96. The van der Waals surface area contributed by atoms with Crippen LogP contribution in [0.3, 0.4) is 0 Å². The van der Waals surface area contributed by atoms with Crippen LogP contribution in [0.25, 0.3) is 21.9 Å². The van der Waals surface area contributed by atoms with Gasteiger partial charge in [-0.25, -0.2) is 0 Å². The number of benzene rings is 2. The third-order valence-corrected chi connectivity index (χ3v) is 5.21. The normalized spacial score (nSPS) is 18.8. The molecule has 0 bridgehead atoms. The number of rotatable bonds is 2. The fourth-order valence-corrected chi connectivity index (χ4v) is 3.86. The van der Waals surface area contributed by atoms with E-state index in [1.54, 1.807) is 6.07 Å². The van der Waals surface area contributed by atoms with E-state index in [4.69, 9.17) is 9.15 Å². The number of aryl methyl sites for hydroxylation is 1. The lowest BCUT2D eigenvalue weighted by Crippen LogP contribution is -2.38. The van der Waals surface area contributed by atoms with Crippen molar-refractivity contribution in [3.63, 3.8) is 0 Å². The SMILES string of the molecule is Cc1cc(OC2CCCN(C)C2)c2oc3cc(Br)ccc3c(=O)c2c1. The first-order valence-corrected chi connectivity index (χ1v) is 9.32. The summed E-state index contributed by atoms with van der Waals surface area (Å²) in [7, 11) is 2.11. The number of halogens is 1. The molecular weight excluding hydrogens is 382 g/mol. The molecule has 25 heavy (non-hydrogen) atoms. The van der Waals surface area contributed by atoms with Gasteiger partial charge in [-0.2, -0.15) is 0 Å². The molecule has 5 heteroatoms. The summed E-state index contributed by atoms with van der Waals surface area (Å²) in [4.78, 5) is 15.2. The van der Waals surface area contributed by atoms with Gasteiger partial charge in [0.25, 0.3) is 0 Å². The van der Waals surface area contributed by atoms with Crippen LogP contribution >= 0.6 is 15.9 Å². The van der Waals surface area contributed by atoms with Crippen LogP contribution in [0.5, 0.6) is 5.75 Å². The van der Waals surface area contributed by atoms with E-state index in [1.165, 1.54) is 0 Å². The van der Waals surface area contributed by atoms with Gasteiger partial charge in [0, 0.05) is 11.0 Å². The molecule has 0 spiro atoms. The number of hydrogen-bond donors (Lipinski definition) is 0. The maximum absolute atomic E-state index is 12.9. The molecule has 0 aliphatic carbocycles. The summed E-state index contributed by atoms with van der Waals surface area (Å²) >= 11 is 3.44. The molecule has 2 aromatic carbocycles. The molecule has 0 N–H and O–H groups in total. The second-order valence-corrected chi connectivity index (χ2v) is 7.77. The van der Waals surface area contributed by atoms with Crippen LogP contribution in [0.2, 0.25) is 0 Å². The standard InChI is InChI=1S/C20H20BrNO3/c1-12-8-16-19(23)15-6-5-13(21)10-17(15)25-20(16)18(9-12)24-14-4-3-7-22(2)11-14/h5-6,8-10,14H,3-4,7,11H2,1-2H3. The summed E-state index contributed by atoms with van der Waals surface area (Å²) < 4.78 is 13.2. The zero-order chi connectivity index (χ0) is 17.6. The Balaban J connectivity index is 1.88. The van der Waals surface area contributed by atoms with E-state index in [-0.39, 0.29) is 11.5 Å². The van der Waals surface area contributed by atoms with Crippen molar-refractivity contribution in [2.75, 3.05) is 20.1 Å². The van der Waals surface area contributed by atoms with Crippen molar-refractivity contribution in [3.8, 4) is 5.75 Å². The first-order valence-electron chi connectivity index (χ1n) is 8.53. The molecule has 0 amide bonds. The van der Waals surface area contributed by atoms with Crippen molar-refractivity contribution >= 4 is 37.9 Å². The summed E-state index contributed by atoms with van der Waals surface area (Å²) in [6.07, 6.45) is 2.25. The van der Waals surface area contributed by atoms with Gasteiger partial charge >= 0.3 is 0 Å². The van der Waals surface area contributed by atoms with Gasteiger partial charge in [0.1, 0.15) is 11.7 Å². The summed E-state index contributed by atoms with van der Waals surface area (Å²) in [6, 6.07) is 9.32. The van der Waals surface area contributed by atoms with Crippen molar-refractivity contribution in [3.05, 3.63) is 50.6 Å². The smallest absolute Gasteiger partial charge is 0.200 e. The molecule has 1 aliphatic heterocycles. The van der Waals surface area contributed by atoms with Gasteiger partial charge in [0.05, 0.1) is 10.8 Å². The van der Waals surface area contributed by atoms with Crippen molar-refractivity contribution in [1.82, 2.24) is 4.90 Å². The fourth-order valence-electron chi connectivity index (χ4n) is 3.52. The molecule has 2 heterocycles. The predicted octanol–water partition coefficient (Wildman–Crippen LogP) is 4.49. The Morgan fingerprint density at radius 2 is 2.08 bits per heavy atom. The number of piperidine rings is 1. The van der Waals surface area contributed by atoms with Crippen LogP contribution in [0.4, 0.5) is 0 Å². The largest absolute Gasteiger partial charge is 0.485 e. The first kappa shape index (κ1) is 16.6. The summed E-state index contributed by atoms with van der Waals surface area (Å²) in [5.41, 5.74) is 2.09. The zero-order valence-corrected chi connectivity index (χ0v) is 15.9. The van der Waals surface area contributed by atoms with Crippen LogP contribution < -0.4 is 10.2 Å². The second kappa shape index (κ2) is 6.46. The van der Waals surface area contributed by atoms with E-state index in [0.29, 0.717) is 27.7 Å². The average Bonchev–Trinajstić information content (AvgIpc) is 2.56. The van der Waals surface area contributed by atoms with Gasteiger partial charge in [0.2, 0.25) is 5.43 Å². The topological polar surface area (TPSA) is 42.7 Å². The second-order valence-electron chi connectivity index (χ2n) is 6.86. The van der Waals surface area contributed by atoms with E-state index in [9.17, 15) is 4.79 Å². The number of likely N-dealkylation sites (tertiary alicyclic amines) is 1. The lowest BCUT2D eigenvalue weighted by atomic mass is 10.1. The van der Waals surface area contributed by atoms with Crippen molar-refractivity contribution in [1.29, 1.82) is 0 Å². The summed E-state index contributed by atoms with van der Waals surface area (Å²) in [5.74, 6) is 0.661. The molecule has 130 valence electrons. The number of fused-ring (bicyclic) bond motifs is 2. The van der Waals surface area contributed by atoms with Crippen LogP contribution in [0.15, 0.2) is 44.0 Å². The Bertz CT molecular complexity index is 1010. The lowest BCUT2D eigenvalue weighted by Gasteiger charge is -2.30. The van der Waals surface area contributed by atoms with Crippen LogP contribution in [-0.2, 0) is 0 Å². The molecule has 1 fully saturated rings. The van der Waals surface area contributed by atoms with Crippen molar-refractivity contribution in [2.45, 2.75) is 25.9 Å². The van der Waals surface area contributed by atoms with E-state index in [0.717, 1.165) is 36.0 Å². The molecule has 1 atom stereocenters. The highest BCUT2D eigenvalue weighted by Gasteiger charge is 2.21. The quantitative estimate of drug-likeness (QED) is 0.593. The minimum absolute atomic E-state index is 0.0157. The molecule has 1 aliphatic rings. The van der Waals surface area contributed by atoms with Gasteiger partial charge < -0.3 is 14.1 Å². The average molecular weight is 402 g/mol. The minimum Gasteiger partial charge on any atom is -0.485 e. The lowest BCUT2D eigenvalue weighted by molar-refractivity contribution is 0.104.